The Labute approximate surface area is 115 Å². The molecule has 0 saturated carbocycles. The van der Waals surface area contributed by atoms with Gasteiger partial charge >= 0.3 is 6.09 Å². The number of carbonyl (C=O) groups excluding carboxylic acids is 1. The lowest BCUT2D eigenvalue weighted by Crippen LogP contribution is -2.26. The van der Waals surface area contributed by atoms with Crippen molar-refractivity contribution in [1.82, 2.24) is 9.55 Å². The summed E-state index contributed by atoms with van der Waals surface area (Å²) in [7, 11) is 0. The van der Waals surface area contributed by atoms with Crippen LogP contribution in [0.5, 0.6) is 0 Å². The molecule has 0 N–H and O–H groups in total. The molecule has 0 aliphatic carbocycles. The average Bonchev–Trinajstić information content (AvgIpc) is 2.67. The Morgan fingerprint density at radius 2 is 1.95 bits per heavy atom. The Hall–Kier alpha value is -1.98. The fourth-order valence-corrected chi connectivity index (χ4v) is 1.72. The van der Waals surface area contributed by atoms with Crippen LogP contribution in [0.15, 0.2) is 24.5 Å². The zero-order valence-corrected chi connectivity index (χ0v) is 11.8. The molecule has 2 aromatic heterocycles. The van der Waals surface area contributed by atoms with E-state index in [1.807, 2.05) is 0 Å². The number of nitrogens with zero attached hydrogens (tertiary/aromatic N) is 2. The number of halogens is 2. The molecule has 0 atom stereocenters. The third kappa shape index (κ3) is 2.95. The number of fused-ring (bicyclic) bond motifs is 1. The summed E-state index contributed by atoms with van der Waals surface area (Å²) in [6.07, 6.45) is 1.95. The zero-order valence-electron chi connectivity index (χ0n) is 11.8. The predicted octanol–water partition coefficient (Wildman–Crippen LogP) is 3.93. The van der Waals surface area contributed by atoms with Crippen LogP contribution in [0.25, 0.3) is 11.0 Å². The van der Waals surface area contributed by atoms with Gasteiger partial charge in [0, 0.05) is 24.9 Å². The smallest absolute Gasteiger partial charge is 0.419 e. The van der Waals surface area contributed by atoms with Crippen molar-refractivity contribution in [3.05, 3.63) is 30.1 Å². The van der Waals surface area contributed by atoms with E-state index in [9.17, 15) is 13.6 Å². The van der Waals surface area contributed by atoms with Crippen molar-refractivity contribution in [1.29, 1.82) is 0 Å². The second kappa shape index (κ2) is 4.54. The molecule has 6 heteroatoms. The Bertz CT molecular complexity index is 651. The highest BCUT2D eigenvalue weighted by Crippen LogP contribution is 2.28. The van der Waals surface area contributed by atoms with Crippen LogP contribution in [0.2, 0.25) is 0 Å². The van der Waals surface area contributed by atoms with Crippen molar-refractivity contribution >= 4 is 17.1 Å². The molecule has 0 fully saturated rings. The molecular formula is C14H16F2N2O2. The fraction of sp³-hybridized carbons (Fsp3) is 0.429. The van der Waals surface area contributed by atoms with Gasteiger partial charge in [-0.05, 0) is 32.9 Å². The number of ether oxygens (including phenoxy) is 1. The molecule has 0 amide bonds. The molecule has 0 unspecified atom stereocenters. The highest BCUT2D eigenvalue weighted by atomic mass is 19.3. The maximum absolute atomic E-state index is 13.3. The summed E-state index contributed by atoms with van der Waals surface area (Å²) in [5.74, 6) is -3.01. The minimum absolute atomic E-state index is 0.242. The summed E-state index contributed by atoms with van der Waals surface area (Å²) in [5, 5.41) is 0. The van der Waals surface area contributed by atoms with E-state index in [2.05, 4.69) is 4.98 Å². The van der Waals surface area contributed by atoms with Gasteiger partial charge in [-0.15, -0.1) is 0 Å². The standard InChI is InChI=1S/C14H16F2N2O2/c1-13(2,3)20-12(19)18-6-5-10-11(18)7-9(8-17-10)14(4,15)16/h5-8H,1-4H3. The lowest BCUT2D eigenvalue weighted by atomic mass is 10.1. The van der Waals surface area contributed by atoms with Crippen molar-refractivity contribution in [3.63, 3.8) is 0 Å². The molecule has 4 nitrogen and oxygen atoms in total. The van der Waals surface area contributed by atoms with E-state index in [1.165, 1.54) is 16.8 Å². The third-order valence-electron chi connectivity index (χ3n) is 2.64. The van der Waals surface area contributed by atoms with Gasteiger partial charge in [-0.1, -0.05) is 0 Å². The molecular weight excluding hydrogens is 266 g/mol. The monoisotopic (exact) mass is 282 g/mol. The number of carbonyl (C=O) groups is 1. The number of hydrogen-bond acceptors (Lipinski definition) is 3. The van der Waals surface area contributed by atoms with Gasteiger partial charge < -0.3 is 4.74 Å². The van der Waals surface area contributed by atoms with Gasteiger partial charge in [0.1, 0.15) is 5.60 Å². The lowest BCUT2D eigenvalue weighted by molar-refractivity contribution is 0.0172. The SMILES string of the molecule is CC(C)(C)OC(=O)n1ccc2ncc(C(C)(F)F)cc21. The van der Waals surface area contributed by atoms with Crippen molar-refractivity contribution in [2.45, 2.75) is 39.2 Å². The van der Waals surface area contributed by atoms with Crippen LogP contribution >= 0.6 is 0 Å². The van der Waals surface area contributed by atoms with Crippen molar-refractivity contribution in [2.75, 3.05) is 0 Å². The maximum Gasteiger partial charge on any atom is 0.419 e. The van der Waals surface area contributed by atoms with E-state index in [4.69, 9.17) is 4.74 Å². The molecule has 2 aromatic rings. The number of hydrogen-bond donors (Lipinski definition) is 0. The Balaban J connectivity index is 2.47. The number of pyridine rings is 1. The first-order chi connectivity index (χ1) is 9.08. The topological polar surface area (TPSA) is 44.1 Å². The lowest BCUT2D eigenvalue weighted by Gasteiger charge is -2.20. The number of alkyl halides is 2. The minimum atomic E-state index is -3.01. The molecule has 20 heavy (non-hydrogen) atoms. The summed E-state index contributed by atoms with van der Waals surface area (Å²) in [4.78, 5) is 16.0. The van der Waals surface area contributed by atoms with E-state index in [1.54, 1.807) is 26.8 Å². The molecule has 0 bridgehead atoms. The summed E-state index contributed by atoms with van der Waals surface area (Å²) in [5.41, 5.74) is -0.136. The molecule has 0 aromatic carbocycles. The normalized spacial score (nSPS) is 12.7. The molecule has 0 saturated heterocycles. The van der Waals surface area contributed by atoms with E-state index in [-0.39, 0.29) is 5.56 Å². The van der Waals surface area contributed by atoms with Crippen LogP contribution in [0.4, 0.5) is 13.6 Å². The molecule has 0 aliphatic rings. The van der Waals surface area contributed by atoms with Gasteiger partial charge in [-0.3, -0.25) is 9.55 Å². The van der Waals surface area contributed by atoms with Crippen molar-refractivity contribution in [2.24, 2.45) is 0 Å². The Kier molecular flexibility index (Phi) is 3.28. The Morgan fingerprint density at radius 1 is 1.30 bits per heavy atom. The van der Waals surface area contributed by atoms with Crippen LogP contribution in [0, 0.1) is 0 Å². The van der Waals surface area contributed by atoms with E-state index in [0.717, 1.165) is 13.1 Å². The minimum Gasteiger partial charge on any atom is -0.443 e. The van der Waals surface area contributed by atoms with Crippen molar-refractivity contribution in [3.8, 4) is 0 Å². The van der Waals surface area contributed by atoms with Crippen LogP contribution in [-0.2, 0) is 10.7 Å². The first kappa shape index (κ1) is 14.4. The second-order valence-corrected chi connectivity index (χ2v) is 5.68. The quantitative estimate of drug-likeness (QED) is 0.796. The average molecular weight is 282 g/mol. The highest BCUT2D eigenvalue weighted by Gasteiger charge is 2.26. The molecule has 108 valence electrons. The van der Waals surface area contributed by atoms with Gasteiger partial charge in [-0.2, -0.15) is 0 Å². The van der Waals surface area contributed by atoms with Gasteiger partial charge in [0.25, 0.3) is 5.92 Å². The van der Waals surface area contributed by atoms with Crippen LogP contribution in [-0.4, -0.2) is 21.2 Å². The van der Waals surface area contributed by atoms with Crippen LogP contribution < -0.4 is 0 Å². The largest absolute Gasteiger partial charge is 0.443 e. The second-order valence-electron chi connectivity index (χ2n) is 5.68. The van der Waals surface area contributed by atoms with E-state index < -0.39 is 17.6 Å². The Morgan fingerprint density at radius 3 is 2.50 bits per heavy atom. The van der Waals surface area contributed by atoms with Gasteiger partial charge in [0.2, 0.25) is 0 Å². The molecule has 0 spiro atoms. The fourth-order valence-electron chi connectivity index (χ4n) is 1.72. The van der Waals surface area contributed by atoms with Crippen molar-refractivity contribution < 1.29 is 18.3 Å². The van der Waals surface area contributed by atoms with Gasteiger partial charge in [0.15, 0.2) is 0 Å². The molecule has 2 heterocycles. The van der Waals surface area contributed by atoms with Gasteiger partial charge in [0.05, 0.1) is 11.0 Å². The number of aromatic nitrogens is 2. The van der Waals surface area contributed by atoms with E-state index >= 15 is 0 Å². The van der Waals surface area contributed by atoms with Gasteiger partial charge in [-0.25, -0.2) is 13.6 Å². The zero-order chi connectivity index (χ0) is 15.1. The summed E-state index contributed by atoms with van der Waals surface area (Å²) >= 11 is 0. The first-order valence-corrected chi connectivity index (χ1v) is 6.17. The third-order valence-corrected chi connectivity index (χ3v) is 2.64. The molecule has 2 rings (SSSR count). The number of rotatable bonds is 1. The summed E-state index contributed by atoms with van der Waals surface area (Å²) in [6, 6.07) is 2.84. The van der Waals surface area contributed by atoms with E-state index in [0.29, 0.717) is 11.0 Å². The highest BCUT2D eigenvalue weighted by molar-refractivity contribution is 5.87. The maximum atomic E-state index is 13.3. The van der Waals surface area contributed by atoms with Crippen LogP contribution in [0.1, 0.15) is 33.3 Å². The summed E-state index contributed by atoms with van der Waals surface area (Å²) < 4.78 is 33.1. The predicted molar refractivity (Wildman–Crippen MR) is 70.9 cm³/mol. The van der Waals surface area contributed by atoms with Crippen LogP contribution in [0.3, 0.4) is 0 Å². The molecule has 0 aliphatic heterocycles. The summed E-state index contributed by atoms with van der Waals surface area (Å²) in [6.45, 7) is 6.00. The molecule has 0 radical (unpaired) electrons. The first-order valence-electron chi connectivity index (χ1n) is 6.17.